The Kier molecular flexibility index (Phi) is 7.65. The molecule has 1 atom stereocenters. The fraction of sp³-hybridized carbons (Fsp3) is 0.556. The fourth-order valence-corrected chi connectivity index (χ4v) is 7.15. The Labute approximate surface area is 211 Å². The minimum absolute atomic E-state index is 0.0942. The number of anilines is 1. The van der Waals surface area contributed by atoms with Gasteiger partial charge < -0.3 is 5.32 Å². The van der Waals surface area contributed by atoms with E-state index in [4.69, 9.17) is 4.98 Å². The summed E-state index contributed by atoms with van der Waals surface area (Å²) >= 11 is 3.05. The van der Waals surface area contributed by atoms with Crippen molar-refractivity contribution in [3.63, 3.8) is 0 Å². The van der Waals surface area contributed by atoms with E-state index in [1.807, 2.05) is 6.07 Å². The Hall–Kier alpha value is -2.35. The Balaban J connectivity index is 1.39. The summed E-state index contributed by atoms with van der Waals surface area (Å²) < 4.78 is 0. The Morgan fingerprint density at radius 1 is 1.21 bits per heavy atom. The zero-order valence-corrected chi connectivity index (χ0v) is 21.9. The molecule has 1 N–H and O–H groups in total. The number of nitrogens with zero attached hydrogens (tertiary/aromatic N) is 3. The van der Waals surface area contributed by atoms with Crippen molar-refractivity contribution >= 4 is 34.0 Å². The molecule has 0 aromatic carbocycles. The zero-order valence-electron chi connectivity index (χ0n) is 20.3. The number of carbonyl (C=O) groups excluding carboxylic acids is 1. The summed E-state index contributed by atoms with van der Waals surface area (Å²) in [5.41, 5.74) is 4.94. The first-order valence-corrected chi connectivity index (χ1v) is 14.0. The van der Waals surface area contributed by atoms with Crippen LogP contribution in [0.2, 0.25) is 0 Å². The average molecular weight is 493 g/mol. The van der Waals surface area contributed by atoms with Crippen LogP contribution in [0.25, 0.3) is 0 Å². The number of amides is 1. The van der Waals surface area contributed by atoms with E-state index >= 15 is 0 Å². The molecule has 0 saturated heterocycles. The predicted octanol–water partition coefficient (Wildman–Crippen LogP) is 6.43. The van der Waals surface area contributed by atoms with Gasteiger partial charge in [-0.25, -0.2) is 4.98 Å². The van der Waals surface area contributed by atoms with Crippen LogP contribution in [0.3, 0.4) is 0 Å². The summed E-state index contributed by atoms with van der Waals surface area (Å²) in [7, 11) is 0. The quantitative estimate of drug-likeness (QED) is 0.384. The zero-order chi connectivity index (χ0) is 24.3. The fourth-order valence-electron chi connectivity index (χ4n) is 4.94. The SMILES string of the molecule is CC(C)(C)C1CCc2c(sc(NC(=O)CCSc3nc4c(cc3C#N)CCCCC4)c2C#N)C1. The van der Waals surface area contributed by atoms with Gasteiger partial charge >= 0.3 is 0 Å². The summed E-state index contributed by atoms with van der Waals surface area (Å²) in [6.45, 7) is 6.83. The largest absolute Gasteiger partial charge is 0.317 e. The number of thioether (sulfide) groups is 1. The molecule has 34 heavy (non-hydrogen) atoms. The Morgan fingerprint density at radius 2 is 2.00 bits per heavy atom. The summed E-state index contributed by atoms with van der Waals surface area (Å²) in [5, 5.41) is 23.8. The van der Waals surface area contributed by atoms with E-state index in [9.17, 15) is 15.3 Å². The lowest BCUT2D eigenvalue weighted by molar-refractivity contribution is -0.115. The molecule has 5 nitrogen and oxygen atoms in total. The first kappa shape index (κ1) is 24.8. The number of nitriles is 2. The molecule has 178 valence electrons. The number of fused-ring (bicyclic) bond motifs is 2. The topological polar surface area (TPSA) is 89.6 Å². The Bertz CT molecular complexity index is 1160. The van der Waals surface area contributed by atoms with E-state index in [-0.39, 0.29) is 11.3 Å². The summed E-state index contributed by atoms with van der Waals surface area (Å²) in [6.07, 6.45) is 8.73. The van der Waals surface area contributed by atoms with Crippen molar-refractivity contribution in [2.24, 2.45) is 11.3 Å². The third-order valence-electron chi connectivity index (χ3n) is 7.06. The van der Waals surface area contributed by atoms with E-state index in [0.717, 1.165) is 61.2 Å². The third-order valence-corrected chi connectivity index (χ3v) is 9.22. The van der Waals surface area contributed by atoms with Crippen LogP contribution in [0.4, 0.5) is 5.00 Å². The van der Waals surface area contributed by atoms with Gasteiger partial charge in [0.05, 0.1) is 11.1 Å². The monoisotopic (exact) mass is 492 g/mol. The molecule has 0 spiro atoms. The second-order valence-electron chi connectivity index (χ2n) is 10.4. The molecule has 0 aliphatic heterocycles. The second kappa shape index (κ2) is 10.5. The predicted molar refractivity (Wildman–Crippen MR) is 138 cm³/mol. The van der Waals surface area contributed by atoms with Crippen molar-refractivity contribution in [3.05, 3.63) is 38.9 Å². The number of pyridine rings is 1. The van der Waals surface area contributed by atoms with Crippen molar-refractivity contribution in [3.8, 4) is 12.1 Å². The number of carbonyl (C=O) groups is 1. The van der Waals surface area contributed by atoms with E-state index in [1.54, 1.807) is 11.3 Å². The summed E-state index contributed by atoms with van der Waals surface area (Å²) in [4.78, 5) is 18.8. The molecule has 2 aliphatic carbocycles. The molecule has 0 saturated carbocycles. The molecule has 2 aromatic rings. The van der Waals surface area contributed by atoms with Gasteiger partial charge in [-0.05, 0) is 73.5 Å². The molecule has 7 heteroatoms. The van der Waals surface area contributed by atoms with E-state index in [2.05, 4.69) is 38.2 Å². The maximum Gasteiger partial charge on any atom is 0.225 e. The van der Waals surface area contributed by atoms with Gasteiger partial charge in [0.15, 0.2) is 0 Å². The smallest absolute Gasteiger partial charge is 0.225 e. The first-order chi connectivity index (χ1) is 16.3. The van der Waals surface area contributed by atoms with Crippen molar-refractivity contribution in [1.82, 2.24) is 4.98 Å². The first-order valence-electron chi connectivity index (χ1n) is 12.2. The lowest BCUT2D eigenvalue weighted by Gasteiger charge is -2.33. The standard InChI is InChI=1S/C27H32N4OS2/c1-27(2,3)19-9-10-20-21(16-29)26(34-23(20)14-19)31-24(32)11-12-33-25-18(15-28)13-17-7-5-4-6-8-22(17)30-25/h13,19H,4-12,14H2,1-3H3,(H,31,32). The van der Waals surface area contributed by atoms with Crippen LogP contribution in [0.1, 0.15) is 85.7 Å². The number of nitrogens with one attached hydrogen (secondary N) is 1. The van der Waals surface area contributed by atoms with Gasteiger partial charge in [0.2, 0.25) is 5.91 Å². The highest BCUT2D eigenvalue weighted by Gasteiger charge is 2.32. The minimum Gasteiger partial charge on any atom is -0.317 e. The van der Waals surface area contributed by atoms with Crippen LogP contribution in [0.5, 0.6) is 0 Å². The molecule has 2 heterocycles. The van der Waals surface area contributed by atoms with Crippen LogP contribution in [0, 0.1) is 34.0 Å². The lowest BCUT2D eigenvalue weighted by Crippen LogP contribution is -2.26. The molecule has 1 unspecified atom stereocenters. The molecular formula is C27H32N4OS2. The molecule has 1 amide bonds. The number of hydrogen-bond donors (Lipinski definition) is 1. The van der Waals surface area contributed by atoms with Gasteiger partial charge in [0.25, 0.3) is 0 Å². The van der Waals surface area contributed by atoms with E-state index < -0.39 is 0 Å². The van der Waals surface area contributed by atoms with Crippen LogP contribution in [-0.4, -0.2) is 16.6 Å². The third kappa shape index (κ3) is 5.48. The van der Waals surface area contributed by atoms with Crippen LogP contribution >= 0.6 is 23.1 Å². The van der Waals surface area contributed by atoms with Crippen molar-refractivity contribution in [1.29, 1.82) is 10.5 Å². The summed E-state index contributed by atoms with van der Waals surface area (Å²) in [6, 6.07) is 6.62. The van der Waals surface area contributed by atoms with Crippen LogP contribution in [-0.2, 0) is 30.5 Å². The number of hydrogen-bond acceptors (Lipinski definition) is 6. The number of thiophene rings is 1. The van der Waals surface area contributed by atoms with Crippen molar-refractivity contribution in [2.45, 2.75) is 83.6 Å². The summed E-state index contributed by atoms with van der Waals surface area (Å²) in [5.74, 6) is 1.04. The van der Waals surface area contributed by atoms with Gasteiger partial charge in [-0.3, -0.25) is 4.79 Å². The van der Waals surface area contributed by atoms with Crippen molar-refractivity contribution in [2.75, 3.05) is 11.1 Å². The molecule has 4 rings (SSSR count). The molecule has 0 bridgehead atoms. The van der Waals surface area contributed by atoms with Gasteiger partial charge in [0.1, 0.15) is 22.2 Å². The second-order valence-corrected chi connectivity index (χ2v) is 12.6. The molecule has 2 aromatic heterocycles. The number of aromatic nitrogens is 1. The van der Waals surface area contributed by atoms with Crippen LogP contribution in [0.15, 0.2) is 11.1 Å². The molecule has 0 radical (unpaired) electrons. The highest BCUT2D eigenvalue weighted by molar-refractivity contribution is 7.99. The van der Waals surface area contributed by atoms with Crippen LogP contribution < -0.4 is 5.32 Å². The normalized spacial score (nSPS) is 17.6. The minimum atomic E-state index is -0.0942. The number of aryl methyl sites for hydroxylation is 2. The van der Waals surface area contributed by atoms with E-state index in [1.165, 1.54) is 28.6 Å². The highest BCUT2D eigenvalue weighted by atomic mass is 32.2. The van der Waals surface area contributed by atoms with E-state index in [0.29, 0.717) is 34.2 Å². The van der Waals surface area contributed by atoms with Gasteiger partial charge in [0, 0.05) is 22.7 Å². The number of rotatable bonds is 5. The lowest BCUT2D eigenvalue weighted by atomic mass is 9.72. The average Bonchev–Trinajstić information content (AvgIpc) is 2.97. The Morgan fingerprint density at radius 3 is 2.74 bits per heavy atom. The maximum atomic E-state index is 12.7. The highest BCUT2D eigenvalue weighted by Crippen LogP contribution is 2.44. The van der Waals surface area contributed by atoms with Gasteiger partial charge in [-0.1, -0.05) is 27.2 Å². The van der Waals surface area contributed by atoms with Crippen molar-refractivity contribution < 1.29 is 4.79 Å². The molecule has 0 fully saturated rings. The van der Waals surface area contributed by atoms with Gasteiger partial charge in [-0.2, -0.15) is 10.5 Å². The molecular weight excluding hydrogens is 460 g/mol. The van der Waals surface area contributed by atoms with Gasteiger partial charge in [-0.15, -0.1) is 23.1 Å². The molecule has 2 aliphatic rings. The maximum absolute atomic E-state index is 12.7.